The molecule has 4 heteroatoms. The second-order valence-electron chi connectivity index (χ2n) is 3.33. The van der Waals surface area contributed by atoms with Crippen molar-refractivity contribution < 1.29 is 14.6 Å². The fraction of sp³-hybridized carbons (Fsp3) is 0.455. The molecule has 1 aromatic rings. The maximum absolute atomic E-state index is 10.6. The highest BCUT2D eigenvalue weighted by molar-refractivity contribution is 5.68. The van der Waals surface area contributed by atoms with Crippen molar-refractivity contribution in [3.05, 3.63) is 23.9 Å². The van der Waals surface area contributed by atoms with Crippen LogP contribution in [0.4, 0.5) is 0 Å². The summed E-state index contributed by atoms with van der Waals surface area (Å²) in [7, 11) is 0. The molecule has 0 saturated heterocycles. The lowest BCUT2D eigenvalue weighted by Crippen LogP contribution is -2.06. The van der Waals surface area contributed by atoms with Crippen LogP contribution >= 0.6 is 0 Å². The lowest BCUT2D eigenvalue weighted by Gasteiger charge is -2.13. The minimum Gasteiger partial charge on any atom is -0.481 e. The predicted octanol–water partition coefficient (Wildman–Crippen LogP) is 2.06. The maximum Gasteiger partial charge on any atom is 0.303 e. The Bertz CT molecular complexity index is 338. The molecule has 0 aliphatic rings. The molecule has 15 heavy (non-hydrogen) atoms. The summed E-state index contributed by atoms with van der Waals surface area (Å²) in [5, 5.41) is 8.70. The van der Waals surface area contributed by atoms with Gasteiger partial charge < -0.3 is 9.84 Å². The number of carbonyl (C=O) groups is 1. The zero-order valence-electron chi connectivity index (χ0n) is 8.93. The molecule has 0 aliphatic heterocycles. The molecule has 0 bridgehead atoms. The highest BCUT2D eigenvalue weighted by atomic mass is 16.5. The van der Waals surface area contributed by atoms with Crippen LogP contribution in [0.5, 0.6) is 5.88 Å². The van der Waals surface area contributed by atoms with Gasteiger partial charge in [0.05, 0.1) is 13.0 Å². The Balaban J connectivity index is 2.86. The van der Waals surface area contributed by atoms with Gasteiger partial charge in [-0.2, -0.15) is 0 Å². The van der Waals surface area contributed by atoms with Crippen LogP contribution in [0.3, 0.4) is 0 Å². The molecular weight excluding hydrogens is 194 g/mol. The summed E-state index contributed by atoms with van der Waals surface area (Å²) in [4.78, 5) is 14.7. The molecule has 0 amide bonds. The van der Waals surface area contributed by atoms with E-state index in [9.17, 15) is 4.79 Å². The van der Waals surface area contributed by atoms with E-state index in [-0.39, 0.29) is 12.3 Å². The minimum absolute atomic E-state index is 0.0854. The van der Waals surface area contributed by atoms with Crippen LogP contribution in [0, 0.1) is 0 Å². The van der Waals surface area contributed by atoms with E-state index in [2.05, 4.69) is 4.98 Å². The van der Waals surface area contributed by atoms with E-state index in [4.69, 9.17) is 9.84 Å². The number of hydrogen-bond acceptors (Lipinski definition) is 3. The van der Waals surface area contributed by atoms with Crippen molar-refractivity contribution in [3.63, 3.8) is 0 Å². The molecule has 82 valence electrons. The number of rotatable bonds is 5. The Morgan fingerprint density at radius 2 is 2.40 bits per heavy atom. The van der Waals surface area contributed by atoms with E-state index in [1.54, 1.807) is 12.3 Å². The van der Waals surface area contributed by atoms with E-state index in [1.165, 1.54) is 0 Å². The van der Waals surface area contributed by atoms with Gasteiger partial charge in [-0.05, 0) is 18.9 Å². The van der Waals surface area contributed by atoms with Crippen LogP contribution < -0.4 is 4.74 Å². The first kappa shape index (κ1) is 11.5. The third kappa shape index (κ3) is 3.23. The first-order chi connectivity index (χ1) is 7.15. The number of carboxylic acid groups (broad SMARTS) is 1. The van der Waals surface area contributed by atoms with Crippen LogP contribution in [0.25, 0.3) is 0 Å². The van der Waals surface area contributed by atoms with Crippen molar-refractivity contribution in [1.82, 2.24) is 4.98 Å². The molecule has 1 unspecified atom stereocenters. The molecular formula is C11H15NO3. The average molecular weight is 209 g/mol. The Kier molecular flexibility index (Phi) is 4.09. The molecule has 0 saturated carbocycles. The number of aromatic nitrogens is 1. The quantitative estimate of drug-likeness (QED) is 0.806. The maximum atomic E-state index is 10.6. The van der Waals surface area contributed by atoms with E-state index < -0.39 is 5.97 Å². The smallest absolute Gasteiger partial charge is 0.303 e. The van der Waals surface area contributed by atoms with Crippen molar-refractivity contribution >= 4 is 5.97 Å². The lowest BCUT2D eigenvalue weighted by molar-refractivity contribution is -0.137. The zero-order chi connectivity index (χ0) is 11.3. The van der Waals surface area contributed by atoms with Gasteiger partial charge in [0, 0.05) is 11.8 Å². The summed E-state index contributed by atoms with van der Waals surface area (Å²) < 4.78 is 5.34. The third-order valence-corrected chi connectivity index (χ3v) is 2.09. The van der Waals surface area contributed by atoms with Crippen LogP contribution in [0.15, 0.2) is 18.3 Å². The topological polar surface area (TPSA) is 59.4 Å². The molecule has 1 N–H and O–H groups in total. The van der Waals surface area contributed by atoms with E-state index >= 15 is 0 Å². The van der Waals surface area contributed by atoms with Gasteiger partial charge in [-0.25, -0.2) is 4.98 Å². The summed E-state index contributed by atoms with van der Waals surface area (Å²) in [6.45, 7) is 4.26. The molecule has 0 aromatic carbocycles. The predicted molar refractivity (Wildman–Crippen MR) is 56.1 cm³/mol. The summed E-state index contributed by atoms with van der Waals surface area (Å²) in [5.74, 6) is -0.361. The summed E-state index contributed by atoms with van der Waals surface area (Å²) in [6, 6.07) is 3.64. The summed E-state index contributed by atoms with van der Waals surface area (Å²) >= 11 is 0. The van der Waals surface area contributed by atoms with Gasteiger partial charge in [0.1, 0.15) is 0 Å². The van der Waals surface area contributed by atoms with E-state index in [0.29, 0.717) is 12.5 Å². The first-order valence-corrected chi connectivity index (χ1v) is 4.94. The summed E-state index contributed by atoms with van der Waals surface area (Å²) in [5.41, 5.74) is 0.849. The van der Waals surface area contributed by atoms with Gasteiger partial charge in [0.2, 0.25) is 5.88 Å². The second kappa shape index (κ2) is 5.34. The molecule has 0 aliphatic carbocycles. The Labute approximate surface area is 88.9 Å². The van der Waals surface area contributed by atoms with Crippen molar-refractivity contribution in [2.45, 2.75) is 26.2 Å². The van der Waals surface area contributed by atoms with Crippen molar-refractivity contribution in [2.24, 2.45) is 0 Å². The second-order valence-corrected chi connectivity index (χ2v) is 3.33. The molecule has 0 radical (unpaired) electrons. The standard InChI is InChI=1S/C11H15NO3/c1-3-15-11-9(5-4-6-12-11)8(2)7-10(13)14/h4-6,8H,3,7H2,1-2H3,(H,13,14). The number of ether oxygens (including phenoxy) is 1. The molecule has 4 nitrogen and oxygen atoms in total. The first-order valence-electron chi connectivity index (χ1n) is 4.94. The van der Waals surface area contributed by atoms with Gasteiger partial charge in [-0.3, -0.25) is 4.79 Å². The Morgan fingerprint density at radius 1 is 1.67 bits per heavy atom. The molecule has 0 fully saturated rings. The van der Waals surface area contributed by atoms with E-state index in [0.717, 1.165) is 5.56 Å². The number of pyridine rings is 1. The fourth-order valence-electron chi connectivity index (χ4n) is 1.41. The van der Waals surface area contributed by atoms with Gasteiger partial charge >= 0.3 is 5.97 Å². The minimum atomic E-state index is -0.811. The number of carboxylic acids is 1. The largest absolute Gasteiger partial charge is 0.481 e. The number of hydrogen-bond donors (Lipinski definition) is 1. The van der Waals surface area contributed by atoms with Crippen molar-refractivity contribution in [1.29, 1.82) is 0 Å². The molecule has 1 heterocycles. The highest BCUT2D eigenvalue weighted by Gasteiger charge is 2.15. The van der Waals surface area contributed by atoms with Crippen LogP contribution in [0.1, 0.15) is 31.7 Å². The summed E-state index contributed by atoms with van der Waals surface area (Å²) in [6.07, 6.45) is 1.73. The number of nitrogens with zero attached hydrogens (tertiary/aromatic N) is 1. The third-order valence-electron chi connectivity index (χ3n) is 2.09. The van der Waals surface area contributed by atoms with Gasteiger partial charge in [-0.1, -0.05) is 13.0 Å². The van der Waals surface area contributed by atoms with Crippen LogP contribution in [-0.4, -0.2) is 22.7 Å². The van der Waals surface area contributed by atoms with Gasteiger partial charge in [0.15, 0.2) is 0 Å². The SMILES string of the molecule is CCOc1ncccc1C(C)CC(=O)O. The Hall–Kier alpha value is -1.58. The van der Waals surface area contributed by atoms with Crippen LogP contribution in [-0.2, 0) is 4.79 Å². The van der Waals surface area contributed by atoms with Gasteiger partial charge in [-0.15, -0.1) is 0 Å². The molecule has 1 rings (SSSR count). The lowest BCUT2D eigenvalue weighted by atomic mass is 9.99. The number of aliphatic carboxylic acids is 1. The van der Waals surface area contributed by atoms with Crippen molar-refractivity contribution in [3.8, 4) is 5.88 Å². The molecule has 1 atom stereocenters. The fourth-order valence-corrected chi connectivity index (χ4v) is 1.41. The van der Waals surface area contributed by atoms with Gasteiger partial charge in [0.25, 0.3) is 0 Å². The monoisotopic (exact) mass is 209 g/mol. The van der Waals surface area contributed by atoms with Crippen LogP contribution in [0.2, 0.25) is 0 Å². The highest BCUT2D eigenvalue weighted by Crippen LogP contribution is 2.26. The van der Waals surface area contributed by atoms with E-state index in [1.807, 2.05) is 19.9 Å². The average Bonchev–Trinajstić information content (AvgIpc) is 2.18. The Morgan fingerprint density at radius 3 is 3.00 bits per heavy atom. The molecule has 1 aromatic heterocycles. The molecule has 0 spiro atoms. The van der Waals surface area contributed by atoms with Crippen molar-refractivity contribution in [2.75, 3.05) is 6.61 Å². The zero-order valence-corrected chi connectivity index (χ0v) is 8.93. The normalized spacial score (nSPS) is 12.1.